The second-order valence-corrected chi connectivity index (χ2v) is 2.06. The van der Waals surface area contributed by atoms with Crippen molar-refractivity contribution in [2.75, 3.05) is 5.75 Å². The number of hydrogen-bond acceptors (Lipinski definition) is 2. The third-order valence-electron chi connectivity index (χ3n) is 0.810. The van der Waals surface area contributed by atoms with Gasteiger partial charge < -0.3 is 4.79 Å². The molecule has 0 rings (SSSR count). The number of carbonyl (C=O) groups is 1. The van der Waals surface area contributed by atoms with E-state index in [-0.39, 0.29) is 0 Å². The molecule has 0 aromatic heterocycles. The van der Waals surface area contributed by atoms with Crippen LogP contribution >= 0.6 is 12.6 Å². The monoisotopic (exact) mass is 118 g/mol. The van der Waals surface area contributed by atoms with Crippen LogP contribution in [0.3, 0.4) is 0 Å². The molecule has 0 bridgehead atoms. The number of rotatable bonds is 3. The molecule has 0 heterocycles. The van der Waals surface area contributed by atoms with Crippen LogP contribution in [-0.2, 0) is 4.79 Å². The Bertz CT molecular complexity index is 54.0. The molecule has 0 aromatic rings. The van der Waals surface area contributed by atoms with Gasteiger partial charge in [-0.2, -0.15) is 12.6 Å². The van der Waals surface area contributed by atoms with E-state index in [2.05, 4.69) is 12.6 Å². The van der Waals surface area contributed by atoms with Crippen molar-refractivity contribution in [3.05, 3.63) is 0 Å². The second kappa shape index (κ2) is 4.19. The Morgan fingerprint density at radius 3 is 2.57 bits per heavy atom. The van der Waals surface area contributed by atoms with Gasteiger partial charge in [-0.3, -0.25) is 0 Å². The zero-order chi connectivity index (χ0) is 5.70. The summed E-state index contributed by atoms with van der Waals surface area (Å²) in [4.78, 5) is 9.74. The number of carbonyl (C=O) groups excluding carboxylic acids is 1. The average molecular weight is 118 g/mol. The van der Waals surface area contributed by atoms with Crippen LogP contribution in [0.2, 0.25) is 0 Å². The highest BCUT2D eigenvalue weighted by molar-refractivity contribution is 7.80. The molecule has 0 aromatic carbocycles. The maximum atomic E-state index is 9.74. The third kappa shape index (κ3) is 3.86. The van der Waals surface area contributed by atoms with E-state index in [0.717, 1.165) is 12.0 Å². The SMILES string of the molecule is CC(CS)CC=O. The quantitative estimate of drug-likeness (QED) is 0.434. The van der Waals surface area contributed by atoms with Crippen LogP contribution < -0.4 is 0 Å². The van der Waals surface area contributed by atoms with Gasteiger partial charge in [-0.15, -0.1) is 0 Å². The van der Waals surface area contributed by atoms with E-state index in [1.54, 1.807) is 0 Å². The van der Waals surface area contributed by atoms with Gasteiger partial charge in [0.05, 0.1) is 0 Å². The van der Waals surface area contributed by atoms with Crippen LogP contribution in [0.1, 0.15) is 13.3 Å². The Morgan fingerprint density at radius 2 is 2.43 bits per heavy atom. The summed E-state index contributed by atoms with van der Waals surface area (Å²) in [6.45, 7) is 2.00. The van der Waals surface area contributed by atoms with E-state index >= 15 is 0 Å². The lowest BCUT2D eigenvalue weighted by molar-refractivity contribution is -0.108. The predicted molar refractivity (Wildman–Crippen MR) is 33.7 cm³/mol. The fourth-order valence-electron chi connectivity index (χ4n) is 0.239. The van der Waals surface area contributed by atoms with Crippen molar-refractivity contribution in [2.45, 2.75) is 13.3 Å². The van der Waals surface area contributed by atoms with Crippen molar-refractivity contribution in [1.82, 2.24) is 0 Å². The molecule has 42 valence electrons. The fourth-order valence-corrected chi connectivity index (χ4v) is 0.388. The molecule has 0 aliphatic carbocycles. The Balaban J connectivity index is 2.98. The van der Waals surface area contributed by atoms with Crippen molar-refractivity contribution < 1.29 is 4.79 Å². The molecule has 0 aliphatic rings. The van der Waals surface area contributed by atoms with E-state index < -0.39 is 0 Å². The van der Waals surface area contributed by atoms with Crippen LogP contribution in [-0.4, -0.2) is 12.0 Å². The maximum Gasteiger partial charge on any atom is 0.120 e. The van der Waals surface area contributed by atoms with E-state index in [0.29, 0.717) is 12.3 Å². The van der Waals surface area contributed by atoms with E-state index in [9.17, 15) is 4.79 Å². The largest absolute Gasteiger partial charge is 0.303 e. The summed E-state index contributed by atoms with van der Waals surface area (Å²) in [5, 5.41) is 0. The lowest BCUT2D eigenvalue weighted by Crippen LogP contribution is -1.94. The molecule has 7 heavy (non-hydrogen) atoms. The number of hydrogen-bond donors (Lipinski definition) is 1. The summed E-state index contributed by atoms with van der Waals surface area (Å²) in [6.07, 6.45) is 1.57. The van der Waals surface area contributed by atoms with Crippen molar-refractivity contribution in [2.24, 2.45) is 5.92 Å². The van der Waals surface area contributed by atoms with Crippen LogP contribution in [0, 0.1) is 5.92 Å². The summed E-state index contributed by atoms with van der Waals surface area (Å²) in [5.74, 6) is 1.25. The summed E-state index contributed by atoms with van der Waals surface area (Å²) >= 11 is 3.99. The normalized spacial score (nSPS) is 13.4. The molecular formula is C5H10OS. The lowest BCUT2D eigenvalue weighted by Gasteiger charge is -1.97. The Kier molecular flexibility index (Phi) is 4.20. The molecule has 1 nitrogen and oxygen atoms in total. The maximum absolute atomic E-state index is 9.74. The first-order chi connectivity index (χ1) is 3.31. The first kappa shape index (κ1) is 7.02. The second-order valence-electron chi connectivity index (χ2n) is 1.69. The zero-order valence-corrected chi connectivity index (χ0v) is 5.32. The minimum atomic E-state index is 0.445. The highest BCUT2D eigenvalue weighted by Crippen LogP contribution is 1.99. The first-order valence-electron chi connectivity index (χ1n) is 2.35. The minimum absolute atomic E-state index is 0.445. The molecule has 0 saturated heterocycles. The highest BCUT2D eigenvalue weighted by atomic mass is 32.1. The average Bonchev–Trinajstić information content (AvgIpc) is 1.68. The van der Waals surface area contributed by atoms with Crippen molar-refractivity contribution in [3.63, 3.8) is 0 Å². The molecular weight excluding hydrogens is 108 g/mol. The Morgan fingerprint density at radius 1 is 1.86 bits per heavy atom. The van der Waals surface area contributed by atoms with Gasteiger partial charge in [0.1, 0.15) is 6.29 Å². The summed E-state index contributed by atoms with van der Waals surface area (Å²) in [6, 6.07) is 0. The molecule has 0 aliphatic heterocycles. The molecule has 0 spiro atoms. The Labute approximate surface area is 49.5 Å². The van der Waals surface area contributed by atoms with Gasteiger partial charge in [-0.1, -0.05) is 6.92 Å². The van der Waals surface area contributed by atoms with Gasteiger partial charge in [0.25, 0.3) is 0 Å². The van der Waals surface area contributed by atoms with E-state index in [1.165, 1.54) is 0 Å². The molecule has 2 heteroatoms. The molecule has 0 fully saturated rings. The summed E-state index contributed by atoms with van der Waals surface area (Å²) in [5.41, 5.74) is 0. The van der Waals surface area contributed by atoms with E-state index in [1.807, 2.05) is 6.92 Å². The minimum Gasteiger partial charge on any atom is -0.303 e. The molecule has 0 N–H and O–H groups in total. The van der Waals surface area contributed by atoms with E-state index in [4.69, 9.17) is 0 Å². The fraction of sp³-hybridized carbons (Fsp3) is 0.800. The predicted octanol–water partition coefficient (Wildman–Crippen LogP) is 1.14. The van der Waals surface area contributed by atoms with Crippen LogP contribution in [0.25, 0.3) is 0 Å². The molecule has 1 unspecified atom stereocenters. The van der Waals surface area contributed by atoms with Crippen molar-refractivity contribution in [1.29, 1.82) is 0 Å². The van der Waals surface area contributed by atoms with Crippen LogP contribution in [0.4, 0.5) is 0 Å². The summed E-state index contributed by atoms with van der Waals surface area (Å²) in [7, 11) is 0. The van der Waals surface area contributed by atoms with Gasteiger partial charge in [0.2, 0.25) is 0 Å². The smallest absolute Gasteiger partial charge is 0.120 e. The number of thiol groups is 1. The highest BCUT2D eigenvalue weighted by Gasteiger charge is 1.93. The summed E-state index contributed by atoms with van der Waals surface area (Å²) < 4.78 is 0. The van der Waals surface area contributed by atoms with Gasteiger partial charge in [0, 0.05) is 6.42 Å². The van der Waals surface area contributed by atoms with Crippen LogP contribution in [0.15, 0.2) is 0 Å². The third-order valence-corrected chi connectivity index (χ3v) is 1.43. The lowest BCUT2D eigenvalue weighted by atomic mass is 10.2. The van der Waals surface area contributed by atoms with Crippen molar-refractivity contribution >= 4 is 18.9 Å². The van der Waals surface area contributed by atoms with Gasteiger partial charge in [-0.05, 0) is 11.7 Å². The molecule has 0 radical (unpaired) electrons. The van der Waals surface area contributed by atoms with Gasteiger partial charge in [-0.25, -0.2) is 0 Å². The topological polar surface area (TPSA) is 17.1 Å². The zero-order valence-electron chi connectivity index (χ0n) is 4.42. The van der Waals surface area contributed by atoms with Gasteiger partial charge in [0.15, 0.2) is 0 Å². The van der Waals surface area contributed by atoms with Crippen LogP contribution in [0.5, 0.6) is 0 Å². The number of aldehydes is 1. The molecule has 1 atom stereocenters. The van der Waals surface area contributed by atoms with Crippen molar-refractivity contribution in [3.8, 4) is 0 Å². The Hall–Kier alpha value is 0.0200. The standard InChI is InChI=1S/C5H10OS/c1-5(4-7)2-3-6/h3,5,7H,2,4H2,1H3. The van der Waals surface area contributed by atoms with Gasteiger partial charge >= 0.3 is 0 Å². The first-order valence-corrected chi connectivity index (χ1v) is 2.99. The molecule has 0 saturated carbocycles. The molecule has 0 amide bonds.